The zero-order valence-corrected chi connectivity index (χ0v) is 18.1. The average Bonchev–Trinajstić information content (AvgIpc) is 2.71. The summed E-state index contributed by atoms with van der Waals surface area (Å²) < 4.78 is 11.0. The lowest BCUT2D eigenvalue weighted by Gasteiger charge is -2.10. The number of ether oxygens (including phenoxy) is 2. The van der Waals surface area contributed by atoms with Gasteiger partial charge >= 0.3 is 0 Å². The molecule has 8 heteroatoms. The van der Waals surface area contributed by atoms with E-state index in [1.165, 1.54) is 6.21 Å². The van der Waals surface area contributed by atoms with Gasteiger partial charge in [0.15, 0.2) is 11.5 Å². The van der Waals surface area contributed by atoms with Crippen molar-refractivity contribution in [1.82, 2.24) is 5.43 Å². The van der Waals surface area contributed by atoms with Gasteiger partial charge in [-0.2, -0.15) is 5.10 Å². The molecule has 0 aromatic heterocycles. The number of rotatable bonds is 10. The van der Waals surface area contributed by atoms with Crippen LogP contribution in [0.25, 0.3) is 0 Å². The normalized spacial score (nSPS) is 10.7. The molecular weight excluding hydrogens is 406 g/mol. The van der Waals surface area contributed by atoms with Crippen LogP contribution >= 0.6 is 11.6 Å². The molecule has 2 aromatic carbocycles. The molecular formula is C22H26ClN3O4. The number of carbonyl (C=O) groups excluding carboxylic acids is 2. The zero-order chi connectivity index (χ0) is 21.9. The smallest absolute Gasteiger partial charge is 0.249 e. The van der Waals surface area contributed by atoms with Crippen LogP contribution in [-0.4, -0.2) is 31.7 Å². The molecule has 0 saturated heterocycles. The zero-order valence-electron chi connectivity index (χ0n) is 17.3. The van der Waals surface area contributed by atoms with E-state index in [0.717, 1.165) is 18.4 Å². The second kappa shape index (κ2) is 11.8. The summed E-state index contributed by atoms with van der Waals surface area (Å²) in [6.45, 7) is 4.57. The van der Waals surface area contributed by atoms with Crippen LogP contribution < -0.4 is 20.2 Å². The maximum absolute atomic E-state index is 12.0. The second-order valence-electron chi connectivity index (χ2n) is 6.59. The maximum atomic E-state index is 12.0. The second-order valence-corrected chi connectivity index (χ2v) is 7.00. The fraction of sp³-hybridized carbons (Fsp3) is 0.318. The molecule has 0 spiro atoms. The first-order valence-electron chi connectivity index (χ1n) is 9.61. The van der Waals surface area contributed by atoms with Gasteiger partial charge in [0, 0.05) is 10.7 Å². The van der Waals surface area contributed by atoms with E-state index in [-0.39, 0.29) is 6.42 Å². The lowest BCUT2D eigenvalue weighted by molar-refractivity contribution is -0.126. The Morgan fingerprint density at radius 1 is 1.13 bits per heavy atom. The summed E-state index contributed by atoms with van der Waals surface area (Å²) in [6, 6.07) is 10.5. The molecule has 0 radical (unpaired) electrons. The van der Waals surface area contributed by atoms with Gasteiger partial charge in [0.05, 0.1) is 19.9 Å². The minimum Gasteiger partial charge on any atom is -0.493 e. The average molecular weight is 432 g/mol. The molecule has 0 bridgehead atoms. The lowest BCUT2D eigenvalue weighted by atomic mass is 10.2. The van der Waals surface area contributed by atoms with Crippen LogP contribution in [0.5, 0.6) is 11.5 Å². The van der Waals surface area contributed by atoms with E-state index < -0.39 is 11.8 Å². The van der Waals surface area contributed by atoms with Gasteiger partial charge in [-0.25, -0.2) is 5.43 Å². The van der Waals surface area contributed by atoms with Crippen LogP contribution in [0.2, 0.25) is 5.02 Å². The number of hydrogen-bond acceptors (Lipinski definition) is 5. The highest BCUT2D eigenvalue weighted by Gasteiger charge is 2.10. The summed E-state index contributed by atoms with van der Waals surface area (Å²) in [7, 11) is 1.56. The molecule has 0 fully saturated rings. The number of unbranched alkanes of at least 4 members (excludes halogenated alkanes) is 1. The summed E-state index contributed by atoms with van der Waals surface area (Å²) in [5, 5.41) is 7.05. The Labute approximate surface area is 181 Å². The van der Waals surface area contributed by atoms with Gasteiger partial charge in [0.25, 0.3) is 0 Å². The van der Waals surface area contributed by atoms with E-state index in [0.29, 0.717) is 34.4 Å². The first-order chi connectivity index (χ1) is 14.4. The number of carbonyl (C=O) groups is 2. The molecule has 0 aliphatic heterocycles. The Balaban J connectivity index is 1.85. The van der Waals surface area contributed by atoms with Crippen molar-refractivity contribution in [3.8, 4) is 11.5 Å². The standard InChI is InChI=1S/C22H26ClN3O4/c1-4-5-10-30-19-9-7-16(11-20(19)29-3)14-24-26-22(28)13-21(27)25-17-8-6-15(2)18(23)12-17/h6-9,11-12,14H,4-5,10,13H2,1-3H3,(H,25,27)(H,26,28). The molecule has 0 heterocycles. The first kappa shape index (κ1) is 23.2. The minimum absolute atomic E-state index is 0.365. The molecule has 7 nitrogen and oxygen atoms in total. The van der Waals surface area contributed by atoms with Crippen LogP contribution in [-0.2, 0) is 9.59 Å². The van der Waals surface area contributed by atoms with Crippen molar-refractivity contribution in [1.29, 1.82) is 0 Å². The molecule has 160 valence electrons. The van der Waals surface area contributed by atoms with E-state index in [1.54, 1.807) is 43.5 Å². The van der Waals surface area contributed by atoms with Gasteiger partial charge in [0.1, 0.15) is 6.42 Å². The molecule has 2 rings (SSSR count). The third-order valence-electron chi connectivity index (χ3n) is 4.12. The van der Waals surface area contributed by atoms with E-state index in [1.807, 2.05) is 6.92 Å². The van der Waals surface area contributed by atoms with Crippen molar-refractivity contribution < 1.29 is 19.1 Å². The number of amides is 2. The maximum Gasteiger partial charge on any atom is 0.249 e. The number of anilines is 1. The van der Waals surface area contributed by atoms with Gasteiger partial charge in [-0.05, 0) is 54.8 Å². The SMILES string of the molecule is CCCCOc1ccc(C=NNC(=O)CC(=O)Nc2ccc(C)c(Cl)c2)cc1OC. The number of nitrogens with one attached hydrogen (secondary N) is 2. The lowest BCUT2D eigenvalue weighted by Crippen LogP contribution is -2.24. The summed E-state index contributed by atoms with van der Waals surface area (Å²) in [5.74, 6) is 0.240. The highest BCUT2D eigenvalue weighted by Crippen LogP contribution is 2.27. The fourth-order valence-electron chi connectivity index (χ4n) is 2.45. The monoisotopic (exact) mass is 431 g/mol. The Bertz CT molecular complexity index is 915. The highest BCUT2D eigenvalue weighted by atomic mass is 35.5. The fourth-order valence-corrected chi connectivity index (χ4v) is 2.63. The molecule has 0 unspecified atom stereocenters. The molecule has 2 amide bonds. The van der Waals surface area contributed by atoms with Gasteiger partial charge in [-0.15, -0.1) is 0 Å². The van der Waals surface area contributed by atoms with E-state index >= 15 is 0 Å². The van der Waals surface area contributed by atoms with Gasteiger partial charge in [-0.3, -0.25) is 9.59 Å². The van der Waals surface area contributed by atoms with Crippen molar-refractivity contribution >= 4 is 35.3 Å². The van der Waals surface area contributed by atoms with Crippen LogP contribution in [0.3, 0.4) is 0 Å². The van der Waals surface area contributed by atoms with E-state index in [4.69, 9.17) is 21.1 Å². The molecule has 2 N–H and O–H groups in total. The van der Waals surface area contributed by atoms with Crippen molar-refractivity contribution in [3.63, 3.8) is 0 Å². The molecule has 2 aromatic rings. The van der Waals surface area contributed by atoms with Crippen molar-refractivity contribution in [2.45, 2.75) is 33.1 Å². The number of aryl methyl sites for hydroxylation is 1. The third-order valence-corrected chi connectivity index (χ3v) is 4.53. The molecule has 30 heavy (non-hydrogen) atoms. The summed E-state index contributed by atoms with van der Waals surface area (Å²) in [4.78, 5) is 23.9. The van der Waals surface area contributed by atoms with Gasteiger partial charge in [-0.1, -0.05) is 31.0 Å². The van der Waals surface area contributed by atoms with Gasteiger partial charge < -0.3 is 14.8 Å². The quantitative estimate of drug-likeness (QED) is 0.254. The van der Waals surface area contributed by atoms with E-state index in [9.17, 15) is 9.59 Å². The predicted octanol–water partition coefficient (Wildman–Crippen LogP) is 4.31. The molecule has 0 aliphatic rings. The van der Waals surface area contributed by atoms with Crippen molar-refractivity contribution in [2.75, 3.05) is 19.0 Å². The van der Waals surface area contributed by atoms with Gasteiger partial charge in [0.2, 0.25) is 11.8 Å². The largest absolute Gasteiger partial charge is 0.493 e. The minimum atomic E-state index is -0.534. The van der Waals surface area contributed by atoms with E-state index in [2.05, 4.69) is 22.8 Å². The van der Waals surface area contributed by atoms with Crippen molar-refractivity contribution in [2.24, 2.45) is 5.10 Å². The number of hydrogen-bond donors (Lipinski definition) is 2. The molecule has 0 aliphatic carbocycles. The number of nitrogens with zero attached hydrogens (tertiary/aromatic N) is 1. The Morgan fingerprint density at radius 3 is 2.63 bits per heavy atom. The number of hydrazone groups is 1. The number of halogens is 1. The van der Waals surface area contributed by atoms with Crippen LogP contribution in [0.1, 0.15) is 37.3 Å². The topological polar surface area (TPSA) is 89.0 Å². The summed E-state index contributed by atoms with van der Waals surface area (Å²) in [6.07, 6.45) is 3.11. The summed E-state index contributed by atoms with van der Waals surface area (Å²) >= 11 is 6.03. The van der Waals surface area contributed by atoms with Crippen LogP contribution in [0.15, 0.2) is 41.5 Å². The summed E-state index contributed by atoms with van der Waals surface area (Å²) in [5.41, 5.74) is 4.48. The van der Waals surface area contributed by atoms with Crippen LogP contribution in [0, 0.1) is 6.92 Å². The first-order valence-corrected chi connectivity index (χ1v) is 9.99. The number of benzene rings is 2. The Hall–Kier alpha value is -3.06. The Kier molecular flexibility index (Phi) is 9.15. The molecule has 0 saturated carbocycles. The number of methoxy groups -OCH3 is 1. The van der Waals surface area contributed by atoms with Crippen molar-refractivity contribution in [3.05, 3.63) is 52.5 Å². The molecule has 0 atom stereocenters. The Morgan fingerprint density at radius 2 is 1.93 bits per heavy atom. The highest BCUT2D eigenvalue weighted by molar-refractivity contribution is 6.31. The third kappa shape index (κ3) is 7.40. The predicted molar refractivity (Wildman–Crippen MR) is 119 cm³/mol. The van der Waals surface area contributed by atoms with Crippen LogP contribution in [0.4, 0.5) is 5.69 Å².